The lowest BCUT2D eigenvalue weighted by molar-refractivity contribution is -0.274. The number of alkyl halides is 3. The standard InChI is InChI=1S/C26H22F3N3O4S/c1-34-21-4-2-3-17(23(21)35-15-16-5-6-16)7-12-20-22(32-13-14-37-25(32)31-20)24(33)30-18-8-10-19(11-9-18)36-26(27,28)29/h2-4,7-14,16H,5-6,15H2,1H3,(H,30,33). The van der Waals surface area contributed by atoms with E-state index in [0.717, 1.165) is 30.5 Å². The van der Waals surface area contributed by atoms with Crippen molar-refractivity contribution in [2.45, 2.75) is 19.2 Å². The molecule has 0 atom stereocenters. The SMILES string of the molecule is COc1cccc(C=Cc2nc3sccn3c2C(=O)Nc2ccc(OC(F)(F)F)cc2)c1OCC1CC1. The summed E-state index contributed by atoms with van der Waals surface area (Å²) in [7, 11) is 1.58. The minimum Gasteiger partial charge on any atom is -0.493 e. The maximum absolute atomic E-state index is 13.2. The van der Waals surface area contributed by atoms with Crippen molar-refractivity contribution in [2.75, 3.05) is 19.0 Å². The molecule has 5 rings (SSSR count). The molecule has 2 aromatic heterocycles. The monoisotopic (exact) mass is 529 g/mol. The van der Waals surface area contributed by atoms with Gasteiger partial charge >= 0.3 is 6.36 Å². The van der Waals surface area contributed by atoms with Gasteiger partial charge in [-0.25, -0.2) is 4.98 Å². The Morgan fingerprint density at radius 2 is 1.97 bits per heavy atom. The number of rotatable bonds is 9. The number of amides is 1. The van der Waals surface area contributed by atoms with E-state index in [1.165, 1.54) is 23.5 Å². The summed E-state index contributed by atoms with van der Waals surface area (Å²) in [5.41, 5.74) is 1.80. The third-order valence-electron chi connectivity index (χ3n) is 5.66. The molecule has 2 aromatic carbocycles. The molecule has 0 radical (unpaired) electrons. The zero-order valence-electron chi connectivity index (χ0n) is 19.6. The van der Waals surface area contributed by atoms with Gasteiger partial charge in [-0.15, -0.1) is 24.5 Å². The van der Waals surface area contributed by atoms with Crippen LogP contribution in [0, 0.1) is 5.92 Å². The summed E-state index contributed by atoms with van der Waals surface area (Å²) in [4.78, 5) is 18.4. The van der Waals surface area contributed by atoms with Crippen molar-refractivity contribution in [3.8, 4) is 17.2 Å². The van der Waals surface area contributed by atoms with Crippen LogP contribution in [0.5, 0.6) is 17.2 Å². The van der Waals surface area contributed by atoms with Crippen LogP contribution in [0.15, 0.2) is 54.0 Å². The number of benzene rings is 2. The molecule has 1 fully saturated rings. The number of aromatic nitrogens is 2. The van der Waals surface area contributed by atoms with Crippen molar-refractivity contribution < 1.29 is 32.2 Å². The molecule has 0 spiro atoms. The number of ether oxygens (including phenoxy) is 3. The number of anilines is 1. The van der Waals surface area contributed by atoms with E-state index in [0.29, 0.717) is 40.4 Å². The number of hydrogen-bond donors (Lipinski definition) is 1. The zero-order valence-corrected chi connectivity index (χ0v) is 20.4. The molecule has 1 saturated carbocycles. The van der Waals surface area contributed by atoms with Crippen LogP contribution < -0.4 is 19.5 Å². The van der Waals surface area contributed by atoms with Gasteiger partial charge in [-0.2, -0.15) is 0 Å². The van der Waals surface area contributed by atoms with E-state index in [2.05, 4.69) is 15.0 Å². The molecule has 1 N–H and O–H groups in total. The Hall–Kier alpha value is -3.99. The van der Waals surface area contributed by atoms with Crippen LogP contribution in [-0.2, 0) is 0 Å². The van der Waals surface area contributed by atoms with Gasteiger partial charge in [-0.05, 0) is 61.2 Å². The molecular formula is C26H22F3N3O4S. The number of imidazole rings is 1. The highest BCUT2D eigenvalue weighted by atomic mass is 32.1. The number of methoxy groups -OCH3 is 1. The van der Waals surface area contributed by atoms with Crippen LogP contribution in [-0.4, -0.2) is 35.4 Å². The van der Waals surface area contributed by atoms with Crippen molar-refractivity contribution in [1.29, 1.82) is 0 Å². The van der Waals surface area contributed by atoms with Crippen molar-refractivity contribution in [2.24, 2.45) is 5.92 Å². The predicted octanol–water partition coefficient (Wildman–Crippen LogP) is 6.51. The number of fused-ring (bicyclic) bond motifs is 1. The molecule has 0 unspecified atom stereocenters. The molecule has 1 aliphatic carbocycles. The summed E-state index contributed by atoms with van der Waals surface area (Å²) in [5.74, 6) is 0.958. The lowest BCUT2D eigenvalue weighted by Gasteiger charge is -2.13. The topological polar surface area (TPSA) is 74.1 Å². The summed E-state index contributed by atoms with van der Waals surface area (Å²) in [6.07, 6.45) is 2.80. The molecule has 37 heavy (non-hydrogen) atoms. The van der Waals surface area contributed by atoms with Gasteiger partial charge < -0.3 is 19.5 Å². The van der Waals surface area contributed by atoms with Crippen LogP contribution in [0.2, 0.25) is 0 Å². The number of carbonyl (C=O) groups excluding carboxylic acids is 1. The van der Waals surface area contributed by atoms with Gasteiger partial charge in [0.15, 0.2) is 16.5 Å². The summed E-state index contributed by atoms with van der Waals surface area (Å²) in [5, 5.41) is 4.52. The molecule has 11 heteroatoms. The minimum absolute atomic E-state index is 0.284. The van der Waals surface area contributed by atoms with Gasteiger partial charge in [0, 0.05) is 22.8 Å². The lowest BCUT2D eigenvalue weighted by Crippen LogP contribution is -2.17. The van der Waals surface area contributed by atoms with E-state index in [1.54, 1.807) is 23.8 Å². The van der Waals surface area contributed by atoms with E-state index >= 15 is 0 Å². The summed E-state index contributed by atoms with van der Waals surface area (Å²) in [6.45, 7) is 0.613. The third-order valence-corrected chi connectivity index (χ3v) is 6.42. The Kier molecular flexibility index (Phi) is 6.79. The van der Waals surface area contributed by atoms with Crippen LogP contribution >= 0.6 is 11.3 Å². The fourth-order valence-corrected chi connectivity index (χ4v) is 4.43. The molecule has 1 amide bonds. The Morgan fingerprint density at radius 1 is 1.19 bits per heavy atom. The van der Waals surface area contributed by atoms with Crippen LogP contribution in [0.1, 0.15) is 34.6 Å². The van der Waals surface area contributed by atoms with Gasteiger partial charge in [0.05, 0.1) is 19.4 Å². The Bertz CT molecular complexity index is 1440. The highest BCUT2D eigenvalue weighted by Gasteiger charge is 2.31. The van der Waals surface area contributed by atoms with Crippen molar-refractivity contribution in [3.05, 3.63) is 71.0 Å². The smallest absolute Gasteiger partial charge is 0.493 e. The largest absolute Gasteiger partial charge is 0.573 e. The number of hydrogen-bond acceptors (Lipinski definition) is 6. The minimum atomic E-state index is -4.79. The Labute approximate surface area is 214 Å². The molecular weight excluding hydrogens is 507 g/mol. The Balaban J connectivity index is 1.40. The van der Waals surface area contributed by atoms with Gasteiger partial charge in [0.1, 0.15) is 11.4 Å². The summed E-state index contributed by atoms with van der Waals surface area (Å²) < 4.78 is 54.3. The molecule has 0 saturated heterocycles. The van der Waals surface area contributed by atoms with Crippen molar-refractivity contribution in [3.63, 3.8) is 0 Å². The second kappa shape index (κ2) is 10.2. The fourth-order valence-electron chi connectivity index (χ4n) is 3.71. The first kappa shape index (κ1) is 24.7. The van der Waals surface area contributed by atoms with Crippen LogP contribution in [0.4, 0.5) is 18.9 Å². The second-order valence-electron chi connectivity index (χ2n) is 8.39. The zero-order chi connectivity index (χ0) is 26.0. The molecule has 7 nitrogen and oxygen atoms in total. The number of carbonyl (C=O) groups is 1. The normalized spacial score (nSPS) is 13.7. The second-order valence-corrected chi connectivity index (χ2v) is 9.27. The quantitative estimate of drug-likeness (QED) is 0.267. The molecule has 1 aliphatic rings. The maximum atomic E-state index is 13.2. The van der Waals surface area contributed by atoms with Crippen LogP contribution in [0.25, 0.3) is 17.1 Å². The first-order valence-corrected chi connectivity index (χ1v) is 12.3. The van der Waals surface area contributed by atoms with Crippen molar-refractivity contribution >= 4 is 40.0 Å². The average Bonchev–Trinajstić information content (AvgIpc) is 3.47. The molecule has 4 aromatic rings. The van der Waals surface area contributed by atoms with Gasteiger partial charge in [0.25, 0.3) is 5.91 Å². The van der Waals surface area contributed by atoms with Crippen LogP contribution in [0.3, 0.4) is 0 Å². The van der Waals surface area contributed by atoms with E-state index < -0.39 is 12.3 Å². The summed E-state index contributed by atoms with van der Waals surface area (Å²) >= 11 is 1.37. The molecule has 2 heterocycles. The van der Waals surface area contributed by atoms with Crippen molar-refractivity contribution in [1.82, 2.24) is 9.38 Å². The van der Waals surface area contributed by atoms with E-state index in [9.17, 15) is 18.0 Å². The fraction of sp³-hybridized carbons (Fsp3) is 0.231. The van der Waals surface area contributed by atoms with Gasteiger partial charge in [-0.3, -0.25) is 9.20 Å². The predicted molar refractivity (Wildman–Crippen MR) is 134 cm³/mol. The lowest BCUT2D eigenvalue weighted by atomic mass is 10.1. The first-order chi connectivity index (χ1) is 17.8. The molecule has 192 valence electrons. The number of para-hydroxylation sites is 1. The Morgan fingerprint density at radius 3 is 2.68 bits per heavy atom. The molecule has 0 bridgehead atoms. The van der Waals surface area contributed by atoms with E-state index in [4.69, 9.17) is 9.47 Å². The third kappa shape index (κ3) is 5.88. The number of nitrogens with zero attached hydrogens (tertiary/aromatic N) is 2. The number of thiazole rings is 1. The average molecular weight is 530 g/mol. The molecule has 0 aliphatic heterocycles. The highest BCUT2D eigenvalue weighted by Crippen LogP contribution is 2.36. The number of nitrogens with one attached hydrogen (secondary N) is 1. The van der Waals surface area contributed by atoms with E-state index in [1.807, 2.05) is 29.7 Å². The summed E-state index contributed by atoms with van der Waals surface area (Å²) in [6, 6.07) is 10.5. The highest BCUT2D eigenvalue weighted by molar-refractivity contribution is 7.15. The number of halogens is 3. The van der Waals surface area contributed by atoms with E-state index in [-0.39, 0.29) is 11.4 Å². The first-order valence-electron chi connectivity index (χ1n) is 11.4. The van der Waals surface area contributed by atoms with Gasteiger partial charge in [0.2, 0.25) is 0 Å². The van der Waals surface area contributed by atoms with Gasteiger partial charge in [-0.1, -0.05) is 12.1 Å². The maximum Gasteiger partial charge on any atom is 0.573 e.